The smallest absolute Gasteiger partial charge is 0.334 e. The second-order valence-electron chi connectivity index (χ2n) is 13.1. The SMILES string of the molecule is CCCCCCCCCCCC[C@H](O)[C@@H]1CC[C@@H]([C@H](O)CCCCC(O)CCCCC[C@@H](O)CC2=C[C@H](C)OC2=O)O1. The van der Waals surface area contributed by atoms with Crippen LogP contribution in [0.3, 0.4) is 0 Å². The van der Waals surface area contributed by atoms with E-state index < -0.39 is 18.3 Å². The Bertz CT molecular complexity index is 726. The van der Waals surface area contributed by atoms with Crippen LogP contribution in [0.2, 0.25) is 0 Å². The first-order chi connectivity index (χ1) is 20.3. The van der Waals surface area contributed by atoms with Gasteiger partial charge < -0.3 is 29.9 Å². The largest absolute Gasteiger partial charge is 0.455 e. The zero-order valence-corrected chi connectivity index (χ0v) is 26.9. The predicted octanol–water partition coefficient (Wildman–Crippen LogP) is 7.06. The van der Waals surface area contributed by atoms with Gasteiger partial charge in [-0.1, -0.05) is 103 Å². The zero-order valence-electron chi connectivity index (χ0n) is 26.9. The lowest BCUT2D eigenvalue weighted by Gasteiger charge is -2.22. The summed E-state index contributed by atoms with van der Waals surface area (Å²) in [6, 6.07) is 0. The molecular formula is C35H64O7. The highest BCUT2D eigenvalue weighted by molar-refractivity contribution is 5.90. The van der Waals surface area contributed by atoms with Crippen molar-refractivity contribution < 1.29 is 34.7 Å². The van der Waals surface area contributed by atoms with Gasteiger partial charge in [-0.3, -0.25) is 0 Å². The minimum atomic E-state index is -0.530. The van der Waals surface area contributed by atoms with Gasteiger partial charge in [0.25, 0.3) is 0 Å². The van der Waals surface area contributed by atoms with E-state index in [-0.39, 0.29) is 30.4 Å². The van der Waals surface area contributed by atoms with Crippen LogP contribution in [0, 0.1) is 0 Å². The van der Waals surface area contributed by atoms with Gasteiger partial charge in [-0.25, -0.2) is 4.79 Å². The second-order valence-corrected chi connectivity index (χ2v) is 13.1. The van der Waals surface area contributed by atoms with Crippen molar-refractivity contribution in [3.63, 3.8) is 0 Å². The molecule has 1 fully saturated rings. The average Bonchev–Trinajstić information content (AvgIpc) is 3.58. The summed E-state index contributed by atoms with van der Waals surface area (Å²) in [6.45, 7) is 4.07. The molecule has 0 aromatic carbocycles. The maximum Gasteiger partial charge on any atom is 0.334 e. The molecule has 0 bridgehead atoms. The van der Waals surface area contributed by atoms with Crippen LogP contribution in [-0.4, -0.2) is 69.1 Å². The highest BCUT2D eigenvalue weighted by Crippen LogP contribution is 2.28. The number of cyclic esters (lactones) is 1. The van der Waals surface area contributed by atoms with Crippen LogP contribution in [0.15, 0.2) is 11.6 Å². The van der Waals surface area contributed by atoms with Crippen LogP contribution in [0.4, 0.5) is 0 Å². The molecule has 0 amide bonds. The van der Waals surface area contributed by atoms with Crippen LogP contribution < -0.4 is 0 Å². The summed E-state index contributed by atoms with van der Waals surface area (Å²) in [6.07, 6.45) is 22.4. The van der Waals surface area contributed by atoms with Crippen molar-refractivity contribution in [1.29, 1.82) is 0 Å². The van der Waals surface area contributed by atoms with Gasteiger partial charge in [0.05, 0.1) is 36.6 Å². The number of aliphatic hydroxyl groups excluding tert-OH is 4. The van der Waals surface area contributed by atoms with Crippen LogP contribution in [0.1, 0.15) is 162 Å². The molecule has 7 nitrogen and oxygen atoms in total. The van der Waals surface area contributed by atoms with E-state index in [4.69, 9.17) is 9.47 Å². The van der Waals surface area contributed by atoms with Crippen LogP contribution in [-0.2, 0) is 14.3 Å². The number of hydrogen-bond acceptors (Lipinski definition) is 7. The van der Waals surface area contributed by atoms with Gasteiger partial charge in [0.2, 0.25) is 0 Å². The van der Waals surface area contributed by atoms with E-state index in [9.17, 15) is 25.2 Å². The molecule has 0 aromatic rings. The van der Waals surface area contributed by atoms with Gasteiger partial charge in [0, 0.05) is 12.0 Å². The number of carbonyl (C=O) groups excluding carboxylic acids is 1. The van der Waals surface area contributed by atoms with E-state index in [1.807, 2.05) is 6.92 Å². The highest BCUT2D eigenvalue weighted by atomic mass is 16.5. The van der Waals surface area contributed by atoms with E-state index in [2.05, 4.69) is 6.92 Å². The highest BCUT2D eigenvalue weighted by Gasteiger charge is 2.34. The number of carbonyl (C=O) groups is 1. The van der Waals surface area contributed by atoms with Crippen molar-refractivity contribution in [1.82, 2.24) is 0 Å². The van der Waals surface area contributed by atoms with Crippen molar-refractivity contribution >= 4 is 5.97 Å². The third-order valence-corrected chi connectivity index (χ3v) is 9.11. The van der Waals surface area contributed by atoms with E-state index in [1.165, 1.54) is 57.8 Å². The number of esters is 1. The summed E-state index contributed by atoms with van der Waals surface area (Å²) in [4.78, 5) is 11.6. The lowest BCUT2D eigenvalue weighted by molar-refractivity contribution is -0.139. The summed E-state index contributed by atoms with van der Waals surface area (Å²) in [7, 11) is 0. The number of unbranched alkanes of at least 4 members (excludes halogenated alkanes) is 12. The minimum Gasteiger partial charge on any atom is -0.455 e. The fraction of sp³-hybridized carbons (Fsp3) is 0.914. The quantitative estimate of drug-likeness (QED) is 0.0624. The normalized spacial score (nSPS) is 23.5. The Morgan fingerprint density at radius 3 is 1.62 bits per heavy atom. The van der Waals surface area contributed by atoms with Gasteiger partial charge in [0.15, 0.2) is 0 Å². The Balaban J connectivity index is 1.41. The lowest BCUT2D eigenvalue weighted by Crippen LogP contribution is -2.31. The second kappa shape index (κ2) is 22.5. The van der Waals surface area contributed by atoms with Gasteiger partial charge >= 0.3 is 5.97 Å². The molecule has 1 saturated heterocycles. The van der Waals surface area contributed by atoms with E-state index in [0.29, 0.717) is 24.8 Å². The molecule has 7 atom stereocenters. The Morgan fingerprint density at radius 1 is 0.667 bits per heavy atom. The fourth-order valence-electron chi connectivity index (χ4n) is 6.42. The monoisotopic (exact) mass is 596 g/mol. The fourth-order valence-corrected chi connectivity index (χ4v) is 6.42. The Labute approximate surface area is 256 Å². The first-order valence-electron chi connectivity index (χ1n) is 17.6. The summed E-state index contributed by atoms with van der Waals surface area (Å²) in [5, 5.41) is 41.7. The molecule has 0 radical (unpaired) electrons. The molecule has 246 valence electrons. The standard InChI is InChI=1S/C35H64O7/c1-3-4-5-6-7-8-9-10-11-15-21-31(38)33-23-24-34(42-33)32(39)22-17-16-19-29(36)18-13-12-14-20-30(37)26-28-25-27(2)41-35(28)40/h25,27,29-34,36-39H,3-24,26H2,1-2H3/t27-,29?,30+,31-,32+,33-,34-/m0/s1. The van der Waals surface area contributed by atoms with Gasteiger partial charge in [-0.15, -0.1) is 0 Å². The minimum absolute atomic E-state index is 0.147. The van der Waals surface area contributed by atoms with E-state index in [1.54, 1.807) is 6.08 Å². The van der Waals surface area contributed by atoms with Gasteiger partial charge in [-0.2, -0.15) is 0 Å². The summed E-state index contributed by atoms with van der Waals surface area (Å²) >= 11 is 0. The molecule has 2 aliphatic heterocycles. The zero-order chi connectivity index (χ0) is 30.6. The van der Waals surface area contributed by atoms with E-state index >= 15 is 0 Å². The molecule has 0 saturated carbocycles. The van der Waals surface area contributed by atoms with Crippen molar-refractivity contribution in [2.45, 2.75) is 204 Å². The average molecular weight is 597 g/mol. The molecule has 4 N–H and O–H groups in total. The Morgan fingerprint density at radius 2 is 1.10 bits per heavy atom. The number of aliphatic hydroxyl groups is 4. The molecule has 2 rings (SSSR count). The molecule has 0 aromatic heterocycles. The van der Waals surface area contributed by atoms with Crippen molar-refractivity contribution in [3.05, 3.63) is 11.6 Å². The van der Waals surface area contributed by atoms with Crippen LogP contribution in [0.25, 0.3) is 0 Å². The molecule has 1 unspecified atom stereocenters. The third kappa shape index (κ3) is 16.2. The first-order valence-corrected chi connectivity index (χ1v) is 17.6. The van der Waals surface area contributed by atoms with Crippen molar-refractivity contribution in [2.24, 2.45) is 0 Å². The lowest BCUT2D eigenvalue weighted by atomic mass is 9.99. The molecule has 2 heterocycles. The molecule has 0 spiro atoms. The Hall–Kier alpha value is -0.990. The molecule has 0 aliphatic carbocycles. The number of rotatable bonds is 26. The van der Waals surface area contributed by atoms with Crippen molar-refractivity contribution in [2.75, 3.05) is 0 Å². The maximum atomic E-state index is 11.6. The van der Waals surface area contributed by atoms with Crippen LogP contribution >= 0.6 is 0 Å². The predicted molar refractivity (Wildman–Crippen MR) is 168 cm³/mol. The number of ether oxygens (including phenoxy) is 2. The molecule has 2 aliphatic rings. The molecule has 7 heteroatoms. The third-order valence-electron chi connectivity index (χ3n) is 9.11. The van der Waals surface area contributed by atoms with Crippen LogP contribution in [0.5, 0.6) is 0 Å². The first kappa shape index (κ1) is 37.2. The molecule has 42 heavy (non-hydrogen) atoms. The number of hydrogen-bond donors (Lipinski definition) is 4. The van der Waals surface area contributed by atoms with E-state index in [0.717, 1.165) is 70.6 Å². The molecular weight excluding hydrogens is 532 g/mol. The summed E-state index contributed by atoms with van der Waals surface area (Å²) in [5.41, 5.74) is 0.576. The Kier molecular flexibility index (Phi) is 19.9. The topological polar surface area (TPSA) is 116 Å². The van der Waals surface area contributed by atoms with Crippen molar-refractivity contribution in [3.8, 4) is 0 Å². The van der Waals surface area contributed by atoms with Gasteiger partial charge in [-0.05, 0) is 57.9 Å². The summed E-state index contributed by atoms with van der Waals surface area (Å²) < 4.78 is 11.1. The van der Waals surface area contributed by atoms with Gasteiger partial charge in [0.1, 0.15) is 6.10 Å². The summed E-state index contributed by atoms with van der Waals surface area (Å²) in [5.74, 6) is -0.314. The maximum absolute atomic E-state index is 11.6.